The Morgan fingerprint density at radius 2 is 2.36 bits per heavy atom. The van der Waals surface area contributed by atoms with Gasteiger partial charge in [0.25, 0.3) is 0 Å². The Bertz CT molecular complexity index is 484. The third-order valence-electron chi connectivity index (χ3n) is 2.13. The van der Waals surface area contributed by atoms with E-state index in [4.69, 9.17) is 5.41 Å². The van der Waals surface area contributed by atoms with Crippen molar-refractivity contribution in [3.8, 4) is 0 Å². The zero-order valence-electron chi connectivity index (χ0n) is 7.90. The van der Waals surface area contributed by atoms with E-state index in [9.17, 15) is 0 Å². The molecule has 2 aromatic heterocycles. The molecule has 2 heterocycles. The van der Waals surface area contributed by atoms with Crippen molar-refractivity contribution in [3.05, 3.63) is 46.5 Å². The van der Waals surface area contributed by atoms with E-state index in [-0.39, 0.29) is 0 Å². The Kier molecular flexibility index (Phi) is 2.45. The highest BCUT2D eigenvalue weighted by molar-refractivity contribution is 7.03. The number of hydrogen-bond acceptors (Lipinski definition) is 3. The van der Waals surface area contributed by atoms with Crippen LogP contribution in [0.3, 0.4) is 0 Å². The summed E-state index contributed by atoms with van der Waals surface area (Å²) in [5, 5.41) is 9.73. The van der Waals surface area contributed by atoms with E-state index in [0.29, 0.717) is 5.49 Å². The molecular formula is C10H11N3S. The molecule has 72 valence electrons. The van der Waals surface area contributed by atoms with Crippen molar-refractivity contribution >= 4 is 11.5 Å². The lowest BCUT2D eigenvalue weighted by molar-refractivity contribution is 0.728. The van der Waals surface area contributed by atoms with E-state index in [1.165, 1.54) is 17.1 Å². The van der Waals surface area contributed by atoms with Crippen molar-refractivity contribution in [2.45, 2.75) is 13.5 Å². The molecule has 0 radical (unpaired) electrons. The van der Waals surface area contributed by atoms with Gasteiger partial charge in [-0.15, -0.1) is 0 Å². The fraction of sp³-hybridized carbons (Fsp3) is 0.200. The van der Waals surface area contributed by atoms with Crippen LogP contribution in [0.1, 0.15) is 11.3 Å². The second-order valence-corrected chi connectivity index (χ2v) is 3.77. The monoisotopic (exact) mass is 205 g/mol. The second kappa shape index (κ2) is 3.75. The second-order valence-electron chi connectivity index (χ2n) is 3.14. The summed E-state index contributed by atoms with van der Waals surface area (Å²) in [6.45, 7) is 2.74. The number of aromatic nitrogens is 2. The number of aryl methyl sites for hydroxylation is 1. The van der Waals surface area contributed by atoms with Gasteiger partial charge >= 0.3 is 0 Å². The van der Waals surface area contributed by atoms with Crippen LogP contribution in [-0.4, -0.2) is 8.94 Å². The number of hydrogen-bond donors (Lipinski definition) is 1. The minimum absolute atomic E-state index is 0.526. The van der Waals surface area contributed by atoms with Gasteiger partial charge in [0.1, 0.15) is 5.49 Å². The maximum atomic E-state index is 7.69. The SMILES string of the molecule is Cc1nscc1Cn1ccccc1=N. The van der Waals surface area contributed by atoms with Crippen molar-refractivity contribution in [2.75, 3.05) is 0 Å². The molecule has 0 amide bonds. The lowest BCUT2D eigenvalue weighted by Crippen LogP contribution is -2.18. The number of pyridine rings is 1. The average Bonchev–Trinajstić information content (AvgIpc) is 2.56. The predicted molar refractivity (Wildman–Crippen MR) is 56.2 cm³/mol. The van der Waals surface area contributed by atoms with Crippen LogP contribution in [0.15, 0.2) is 29.8 Å². The Balaban J connectivity index is 2.32. The molecule has 14 heavy (non-hydrogen) atoms. The molecule has 0 bridgehead atoms. The Morgan fingerprint density at radius 3 is 3.00 bits per heavy atom. The summed E-state index contributed by atoms with van der Waals surface area (Å²) in [5.74, 6) is 0. The van der Waals surface area contributed by atoms with E-state index in [1.54, 1.807) is 6.07 Å². The molecule has 1 N–H and O–H groups in total. The van der Waals surface area contributed by atoms with Crippen molar-refractivity contribution < 1.29 is 0 Å². The molecule has 3 nitrogen and oxygen atoms in total. The first kappa shape index (κ1) is 9.15. The summed E-state index contributed by atoms with van der Waals surface area (Å²) in [5.41, 5.74) is 2.78. The number of nitrogens with zero attached hydrogens (tertiary/aromatic N) is 2. The van der Waals surface area contributed by atoms with Crippen LogP contribution in [0.2, 0.25) is 0 Å². The molecule has 2 rings (SSSR count). The summed E-state index contributed by atoms with van der Waals surface area (Å²) in [4.78, 5) is 0. The van der Waals surface area contributed by atoms with Crippen LogP contribution in [0.25, 0.3) is 0 Å². The highest BCUT2D eigenvalue weighted by atomic mass is 32.1. The maximum Gasteiger partial charge on any atom is 0.124 e. The smallest absolute Gasteiger partial charge is 0.124 e. The molecule has 0 saturated heterocycles. The van der Waals surface area contributed by atoms with Gasteiger partial charge in [0.2, 0.25) is 0 Å². The molecule has 0 fully saturated rings. The quantitative estimate of drug-likeness (QED) is 0.797. The summed E-state index contributed by atoms with van der Waals surface area (Å²) in [6, 6.07) is 5.60. The molecule has 2 aromatic rings. The lowest BCUT2D eigenvalue weighted by Gasteiger charge is -2.04. The largest absolute Gasteiger partial charge is 0.329 e. The summed E-state index contributed by atoms with van der Waals surface area (Å²) >= 11 is 1.47. The minimum Gasteiger partial charge on any atom is -0.329 e. The van der Waals surface area contributed by atoms with Gasteiger partial charge in [-0.2, -0.15) is 4.37 Å². The first-order chi connectivity index (χ1) is 6.77. The topological polar surface area (TPSA) is 41.7 Å². The van der Waals surface area contributed by atoms with Crippen LogP contribution < -0.4 is 5.49 Å². The van der Waals surface area contributed by atoms with Crippen LogP contribution in [0, 0.1) is 12.3 Å². The Morgan fingerprint density at radius 1 is 1.50 bits per heavy atom. The first-order valence-electron chi connectivity index (χ1n) is 4.37. The van der Waals surface area contributed by atoms with Gasteiger partial charge < -0.3 is 4.57 Å². The van der Waals surface area contributed by atoms with Gasteiger partial charge in [0.15, 0.2) is 0 Å². The van der Waals surface area contributed by atoms with Crippen LogP contribution in [0.5, 0.6) is 0 Å². The van der Waals surface area contributed by atoms with Gasteiger partial charge in [-0.05, 0) is 30.6 Å². The highest BCUT2D eigenvalue weighted by Crippen LogP contribution is 2.09. The van der Waals surface area contributed by atoms with Gasteiger partial charge in [-0.1, -0.05) is 6.07 Å². The van der Waals surface area contributed by atoms with Gasteiger partial charge in [-0.3, -0.25) is 5.41 Å². The summed E-state index contributed by atoms with van der Waals surface area (Å²) in [6.07, 6.45) is 1.92. The van der Waals surface area contributed by atoms with Gasteiger partial charge in [-0.25, -0.2) is 0 Å². The molecule has 0 atom stereocenters. The molecule has 0 unspecified atom stereocenters. The minimum atomic E-state index is 0.526. The lowest BCUT2D eigenvalue weighted by atomic mass is 10.2. The van der Waals surface area contributed by atoms with E-state index in [1.807, 2.05) is 35.2 Å². The zero-order chi connectivity index (χ0) is 9.97. The Hall–Kier alpha value is -1.42. The van der Waals surface area contributed by atoms with Gasteiger partial charge in [0, 0.05) is 17.1 Å². The summed E-state index contributed by atoms with van der Waals surface area (Å²) < 4.78 is 6.11. The van der Waals surface area contributed by atoms with E-state index in [0.717, 1.165) is 12.2 Å². The van der Waals surface area contributed by atoms with Crippen molar-refractivity contribution in [1.82, 2.24) is 8.94 Å². The van der Waals surface area contributed by atoms with Crippen molar-refractivity contribution in [1.29, 1.82) is 5.41 Å². The van der Waals surface area contributed by atoms with Crippen LogP contribution in [0.4, 0.5) is 0 Å². The standard InChI is InChI=1S/C10H11N3S/c1-8-9(7-14-12-8)6-13-5-3-2-4-10(13)11/h2-5,7,11H,6H2,1H3. The first-order valence-corrected chi connectivity index (χ1v) is 5.21. The average molecular weight is 205 g/mol. The van der Waals surface area contributed by atoms with Crippen LogP contribution in [-0.2, 0) is 6.54 Å². The maximum absolute atomic E-state index is 7.69. The van der Waals surface area contributed by atoms with E-state index < -0.39 is 0 Å². The highest BCUT2D eigenvalue weighted by Gasteiger charge is 2.01. The molecular weight excluding hydrogens is 194 g/mol. The fourth-order valence-corrected chi connectivity index (χ4v) is 1.96. The summed E-state index contributed by atoms with van der Waals surface area (Å²) in [7, 11) is 0. The third kappa shape index (κ3) is 1.75. The number of nitrogens with one attached hydrogen (secondary N) is 1. The van der Waals surface area contributed by atoms with E-state index in [2.05, 4.69) is 4.37 Å². The van der Waals surface area contributed by atoms with E-state index >= 15 is 0 Å². The fourth-order valence-electron chi connectivity index (χ4n) is 1.26. The molecule has 0 saturated carbocycles. The molecule has 0 aliphatic heterocycles. The molecule has 0 aromatic carbocycles. The van der Waals surface area contributed by atoms with Gasteiger partial charge in [0.05, 0.1) is 12.2 Å². The number of rotatable bonds is 2. The van der Waals surface area contributed by atoms with Crippen molar-refractivity contribution in [3.63, 3.8) is 0 Å². The third-order valence-corrected chi connectivity index (χ3v) is 2.90. The van der Waals surface area contributed by atoms with Crippen molar-refractivity contribution in [2.24, 2.45) is 0 Å². The molecule has 0 aliphatic rings. The van der Waals surface area contributed by atoms with Crippen LogP contribution >= 0.6 is 11.5 Å². The predicted octanol–water partition coefficient (Wildman–Crippen LogP) is 1.78. The molecule has 0 aliphatic carbocycles. The Labute approximate surface area is 86.3 Å². The molecule has 4 heteroatoms. The molecule has 0 spiro atoms. The normalized spacial score (nSPS) is 10.4. The zero-order valence-corrected chi connectivity index (χ0v) is 8.71.